The molecule has 0 spiro atoms. The molecule has 0 aromatic carbocycles. The molecule has 2 aliphatic heterocycles. The Morgan fingerprint density at radius 2 is 1.83 bits per heavy atom. The van der Waals surface area contributed by atoms with E-state index < -0.39 is 0 Å². The fourth-order valence-corrected chi connectivity index (χ4v) is 2.83. The molecule has 1 unspecified atom stereocenters. The molecule has 2 amide bonds. The van der Waals surface area contributed by atoms with Crippen LogP contribution in [0.1, 0.15) is 32.6 Å². The quantitative estimate of drug-likeness (QED) is 0.795. The summed E-state index contributed by atoms with van der Waals surface area (Å²) in [4.78, 5) is 16.4. The molecule has 2 N–H and O–H groups in total. The van der Waals surface area contributed by atoms with E-state index in [1.54, 1.807) is 0 Å². The zero-order valence-corrected chi connectivity index (χ0v) is 12.1. The molecule has 0 aromatic heterocycles. The first-order valence-corrected chi connectivity index (χ1v) is 6.94. The summed E-state index contributed by atoms with van der Waals surface area (Å²) in [5.74, 6) is 1.29. The van der Waals surface area contributed by atoms with Crippen molar-refractivity contribution in [3.8, 4) is 0 Å². The highest BCUT2D eigenvalue weighted by molar-refractivity contribution is 5.85. The highest BCUT2D eigenvalue weighted by atomic mass is 35.5. The number of amides is 2. The smallest absolute Gasteiger partial charge is 0.320 e. The van der Waals surface area contributed by atoms with Gasteiger partial charge in [-0.1, -0.05) is 6.92 Å². The Balaban J connectivity index is 0.00000162. The first kappa shape index (κ1) is 15.6. The fourth-order valence-electron chi connectivity index (χ4n) is 2.83. The maximum atomic E-state index is 12.3. The molecule has 18 heavy (non-hydrogen) atoms. The first-order valence-electron chi connectivity index (χ1n) is 6.94. The number of rotatable bonds is 1. The van der Waals surface area contributed by atoms with Crippen LogP contribution in [0.15, 0.2) is 0 Å². The van der Waals surface area contributed by atoms with Gasteiger partial charge in [-0.25, -0.2) is 4.79 Å². The highest BCUT2D eigenvalue weighted by Gasteiger charge is 2.28. The van der Waals surface area contributed by atoms with Crippen molar-refractivity contribution in [3.05, 3.63) is 0 Å². The Bertz CT molecular complexity index is 267. The lowest BCUT2D eigenvalue weighted by Gasteiger charge is -2.38. The summed E-state index contributed by atoms with van der Waals surface area (Å²) in [5.41, 5.74) is 5.71. The normalized spacial score (nSPS) is 25.8. The summed E-state index contributed by atoms with van der Waals surface area (Å²) in [6.45, 7) is 6.63. The Morgan fingerprint density at radius 3 is 2.44 bits per heavy atom. The number of likely N-dealkylation sites (tertiary alicyclic amines) is 2. The van der Waals surface area contributed by atoms with Gasteiger partial charge in [0.2, 0.25) is 0 Å². The molecule has 0 saturated carbocycles. The lowest BCUT2D eigenvalue weighted by molar-refractivity contribution is 0.115. The molecule has 0 radical (unpaired) electrons. The molecule has 2 rings (SSSR count). The number of nitrogens with zero attached hydrogens (tertiary/aromatic N) is 2. The van der Waals surface area contributed by atoms with E-state index >= 15 is 0 Å². The van der Waals surface area contributed by atoms with Crippen LogP contribution in [0.2, 0.25) is 0 Å². The topological polar surface area (TPSA) is 49.6 Å². The lowest BCUT2D eigenvalue weighted by atomic mass is 9.97. The average molecular weight is 276 g/mol. The maximum Gasteiger partial charge on any atom is 0.320 e. The SMILES string of the molecule is CC1CCN(C(=O)N2CCCC(CN)C2)CC1.Cl. The van der Waals surface area contributed by atoms with Crippen molar-refractivity contribution in [3.63, 3.8) is 0 Å². The Labute approximate surface area is 116 Å². The van der Waals surface area contributed by atoms with Gasteiger partial charge in [0.25, 0.3) is 0 Å². The third-order valence-electron chi connectivity index (χ3n) is 4.18. The molecule has 0 aliphatic carbocycles. The summed E-state index contributed by atoms with van der Waals surface area (Å²) >= 11 is 0. The largest absolute Gasteiger partial charge is 0.330 e. The molecule has 106 valence electrons. The van der Waals surface area contributed by atoms with E-state index in [9.17, 15) is 4.79 Å². The molecule has 2 fully saturated rings. The minimum absolute atomic E-state index is 0. The van der Waals surface area contributed by atoms with Crippen molar-refractivity contribution in [1.29, 1.82) is 0 Å². The molecule has 4 nitrogen and oxygen atoms in total. The number of piperidine rings is 2. The van der Waals surface area contributed by atoms with E-state index in [1.807, 2.05) is 9.80 Å². The van der Waals surface area contributed by atoms with Crippen LogP contribution in [-0.4, -0.2) is 48.6 Å². The minimum Gasteiger partial charge on any atom is -0.330 e. The Hall–Kier alpha value is -0.480. The van der Waals surface area contributed by atoms with Crippen molar-refractivity contribution in [2.75, 3.05) is 32.7 Å². The molecule has 1 atom stereocenters. The van der Waals surface area contributed by atoms with Crippen molar-refractivity contribution < 1.29 is 4.79 Å². The molecule has 0 bridgehead atoms. The van der Waals surface area contributed by atoms with E-state index in [4.69, 9.17) is 5.73 Å². The van der Waals surface area contributed by atoms with Crippen molar-refractivity contribution >= 4 is 18.4 Å². The average Bonchev–Trinajstić information content (AvgIpc) is 2.39. The van der Waals surface area contributed by atoms with Crippen LogP contribution in [0.4, 0.5) is 4.79 Å². The molecular weight excluding hydrogens is 250 g/mol. The Morgan fingerprint density at radius 1 is 1.17 bits per heavy atom. The zero-order chi connectivity index (χ0) is 12.3. The number of carbonyl (C=O) groups excluding carboxylic acids is 1. The van der Waals surface area contributed by atoms with Crippen molar-refractivity contribution in [2.45, 2.75) is 32.6 Å². The van der Waals surface area contributed by atoms with Gasteiger partial charge in [-0.15, -0.1) is 12.4 Å². The molecule has 5 heteroatoms. The summed E-state index contributed by atoms with van der Waals surface area (Å²) in [6.07, 6.45) is 4.59. The first-order chi connectivity index (χ1) is 8.20. The van der Waals surface area contributed by atoms with Gasteiger partial charge in [-0.3, -0.25) is 0 Å². The second kappa shape index (κ2) is 7.19. The second-order valence-corrected chi connectivity index (χ2v) is 5.64. The highest BCUT2D eigenvalue weighted by Crippen LogP contribution is 2.20. The summed E-state index contributed by atoms with van der Waals surface area (Å²) in [7, 11) is 0. The standard InChI is InChI=1S/C13H25N3O.ClH/c1-11-4-7-15(8-5-11)13(17)16-6-2-3-12(9-14)10-16;/h11-12H,2-10,14H2,1H3;1H. The van der Waals surface area contributed by atoms with Gasteiger partial charge in [0.15, 0.2) is 0 Å². The van der Waals surface area contributed by atoms with Gasteiger partial charge in [-0.2, -0.15) is 0 Å². The fraction of sp³-hybridized carbons (Fsp3) is 0.923. The van der Waals surface area contributed by atoms with E-state index in [1.165, 1.54) is 6.42 Å². The van der Waals surface area contributed by atoms with Gasteiger partial charge in [0.1, 0.15) is 0 Å². The van der Waals surface area contributed by atoms with E-state index in [0.29, 0.717) is 12.5 Å². The van der Waals surface area contributed by atoms with Crippen LogP contribution >= 0.6 is 12.4 Å². The van der Waals surface area contributed by atoms with Gasteiger partial charge in [0, 0.05) is 26.2 Å². The molecule has 0 aromatic rings. The number of halogens is 1. The molecular formula is C13H26ClN3O. The molecule has 2 heterocycles. The molecule has 2 aliphatic rings. The van der Waals surface area contributed by atoms with E-state index in [0.717, 1.165) is 51.4 Å². The van der Waals surface area contributed by atoms with Gasteiger partial charge < -0.3 is 15.5 Å². The zero-order valence-electron chi connectivity index (χ0n) is 11.3. The lowest BCUT2D eigenvalue weighted by Crippen LogP contribution is -2.50. The van der Waals surface area contributed by atoms with Crippen molar-refractivity contribution in [2.24, 2.45) is 17.6 Å². The van der Waals surface area contributed by atoms with Crippen molar-refractivity contribution in [1.82, 2.24) is 9.80 Å². The van der Waals surface area contributed by atoms with Gasteiger partial charge in [-0.05, 0) is 44.1 Å². The van der Waals surface area contributed by atoms with E-state index in [-0.39, 0.29) is 18.4 Å². The van der Waals surface area contributed by atoms with Gasteiger partial charge in [0.05, 0.1) is 0 Å². The predicted octanol–water partition coefficient (Wildman–Crippen LogP) is 1.93. The summed E-state index contributed by atoms with van der Waals surface area (Å²) in [6, 6.07) is 0.245. The monoisotopic (exact) mass is 275 g/mol. The number of nitrogens with two attached hydrogens (primary N) is 1. The third kappa shape index (κ3) is 3.75. The number of urea groups is 1. The summed E-state index contributed by atoms with van der Waals surface area (Å²) in [5, 5.41) is 0. The van der Waals surface area contributed by atoms with E-state index in [2.05, 4.69) is 6.92 Å². The molecule has 2 saturated heterocycles. The van der Waals surface area contributed by atoms with Gasteiger partial charge >= 0.3 is 6.03 Å². The van der Waals surface area contributed by atoms with Crippen LogP contribution in [-0.2, 0) is 0 Å². The Kier molecular flexibility index (Phi) is 6.22. The number of hydrogen-bond donors (Lipinski definition) is 1. The van der Waals surface area contributed by atoms with Crippen LogP contribution in [0.3, 0.4) is 0 Å². The maximum absolute atomic E-state index is 12.3. The third-order valence-corrected chi connectivity index (χ3v) is 4.18. The predicted molar refractivity (Wildman–Crippen MR) is 76.0 cm³/mol. The van der Waals surface area contributed by atoms with Crippen LogP contribution in [0.25, 0.3) is 0 Å². The second-order valence-electron chi connectivity index (χ2n) is 5.64. The minimum atomic E-state index is 0. The van der Waals surface area contributed by atoms with Crippen LogP contribution in [0.5, 0.6) is 0 Å². The van der Waals surface area contributed by atoms with Crippen LogP contribution < -0.4 is 5.73 Å². The number of carbonyl (C=O) groups is 1. The summed E-state index contributed by atoms with van der Waals surface area (Å²) < 4.78 is 0. The van der Waals surface area contributed by atoms with Crippen LogP contribution in [0, 0.1) is 11.8 Å². The number of hydrogen-bond acceptors (Lipinski definition) is 2.